The highest BCUT2D eigenvalue weighted by atomic mass is 16.5. The van der Waals surface area contributed by atoms with Crippen LogP contribution < -0.4 is 0 Å². The molecule has 0 aliphatic heterocycles. The van der Waals surface area contributed by atoms with E-state index in [-0.39, 0.29) is 0 Å². The molecule has 1 N–H and O–H groups in total. The van der Waals surface area contributed by atoms with Gasteiger partial charge in [-0.3, -0.25) is 0 Å². The Morgan fingerprint density at radius 3 is 2.31 bits per heavy atom. The van der Waals surface area contributed by atoms with E-state index < -0.39 is 12.1 Å². The van der Waals surface area contributed by atoms with E-state index in [0.29, 0.717) is 5.56 Å². The third kappa shape index (κ3) is 3.32. The highest BCUT2D eigenvalue weighted by Crippen LogP contribution is 2.17. The zero-order chi connectivity index (χ0) is 12.1. The second-order valence-corrected chi connectivity index (χ2v) is 3.93. The number of carbonyl (C=O) groups is 1. The zero-order valence-corrected chi connectivity index (χ0v) is 9.80. The number of benzene rings is 1. The molecular formula is C12H17NO3. The van der Waals surface area contributed by atoms with Crippen LogP contribution in [-0.2, 0) is 16.1 Å². The van der Waals surface area contributed by atoms with Gasteiger partial charge >= 0.3 is 5.97 Å². The fourth-order valence-electron chi connectivity index (χ4n) is 1.54. The lowest BCUT2D eigenvalue weighted by atomic mass is 10.1. The fourth-order valence-corrected chi connectivity index (χ4v) is 1.54. The number of hydrogen-bond donors (Lipinski definition) is 1. The quantitative estimate of drug-likeness (QED) is 0.822. The van der Waals surface area contributed by atoms with E-state index in [2.05, 4.69) is 4.90 Å². The number of carboxylic acid groups (broad SMARTS) is 1. The Kier molecular flexibility index (Phi) is 4.46. The summed E-state index contributed by atoms with van der Waals surface area (Å²) in [6.07, 6.45) is -0.881. The van der Waals surface area contributed by atoms with Gasteiger partial charge in [0.25, 0.3) is 0 Å². The van der Waals surface area contributed by atoms with Crippen LogP contribution in [-0.4, -0.2) is 37.2 Å². The summed E-state index contributed by atoms with van der Waals surface area (Å²) < 4.78 is 4.91. The monoisotopic (exact) mass is 223 g/mol. The molecular weight excluding hydrogens is 206 g/mol. The van der Waals surface area contributed by atoms with Gasteiger partial charge in [-0.1, -0.05) is 24.3 Å². The molecule has 1 rings (SSSR count). The molecule has 0 bridgehead atoms. The van der Waals surface area contributed by atoms with Gasteiger partial charge in [0.2, 0.25) is 0 Å². The molecule has 0 fully saturated rings. The maximum absolute atomic E-state index is 10.9. The molecule has 4 heteroatoms. The van der Waals surface area contributed by atoms with Crippen molar-refractivity contribution in [1.29, 1.82) is 0 Å². The number of ether oxygens (including phenoxy) is 1. The van der Waals surface area contributed by atoms with Crippen LogP contribution in [0, 0.1) is 0 Å². The first-order chi connectivity index (χ1) is 7.54. The Hall–Kier alpha value is -1.39. The third-order valence-corrected chi connectivity index (χ3v) is 2.24. The van der Waals surface area contributed by atoms with Crippen LogP contribution in [0.1, 0.15) is 17.2 Å². The van der Waals surface area contributed by atoms with Gasteiger partial charge in [0.15, 0.2) is 6.10 Å². The molecule has 16 heavy (non-hydrogen) atoms. The summed E-state index contributed by atoms with van der Waals surface area (Å²) in [4.78, 5) is 12.9. The minimum Gasteiger partial charge on any atom is -0.479 e. The Morgan fingerprint density at radius 2 is 1.94 bits per heavy atom. The van der Waals surface area contributed by atoms with E-state index in [1.807, 2.05) is 26.2 Å². The van der Waals surface area contributed by atoms with Gasteiger partial charge in [0.1, 0.15) is 0 Å². The Balaban J connectivity index is 2.81. The van der Waals surface area contributed by atoms with Gasteiger partial charge in [0, 0.05) is 13.7 Å². The van der Waals surface area contributed by atoms with E-state index in [1.165, 1.54) is 7.11 Å². The molecule has 0 saturated heterocycles. The van der Waals surface area contributed by atoms with Crippen LogP contribution in [0.25, 0.3) is 0 Å². The van der Waals surface area contributed by atoms with Crippen molar-refractivity contribution in [3.05, 3.63) is 35.4 Å². The summed E-state index contributed by atoms with van der Waals surface area (Å²) in [6.45, 7) is 0.838. The minimum atomic E-state index is -0.970. The summed E-state index contributed by atoms with van der Waals surface area (Å²) in [6, 6.07) is 7.43. The number of hydrogen-bond acceptors (Lipinski definition) is 3. The van der Waals surface area contributed by atoms with Crippen molar-refractivity contribution < 1.29 is 14.6 Å². The van der Waals surface area contributed by atoms with E-state index in [9.17, 15) is 4.79 Å². The number of rotatable bonds is 5. The number of carboxylic acids is 1. The van der Waals surface area contributed by atoms with Crippen LogP contribution in [0.3, 0.4) is 0 Å². The highest BCUT2D eigenvalue weighted by molar-refractivity contribution is 5.74. The van der Waals surface area contributed by atoms with Gasteiger partial charge in [-0.15, -0.1) is 0 Å². The molecule has 0 amide bonds. The average Bonchev–Trinajstić information content (AvgIpc) is 2.20. The van der Waals surface area contributed by atoms with Crippen LogP contribution in [0.2, 0.25) is 0 Å². The van der Waals surface area contributed by atoms with Crippen LogP contribution in [0.5, 0.6) is 0 Å². The molecule has 1 aromatic carbocycles. The first kappa shape index (κ1) is 12.7. The molecule has 1 aromatic rings. The van der Waals surface area contributed by atoms with Crippen molar-refractivity contribution in [3.63, 3.8) is 0 Å². The van der Waals surface area contributed by atoms with Gasteiger partial charge < -0.3 is 14.7 Å². The maximum atomic E-state index is 10.9. The van der Waals surface area contributed by atoms with Crippen molar-refractivity contribution in [1.82, 2.24) is 4.90 Å². The van der Waals surface area contributed by atoms with E-state index in [4.69, 9.17) is 9.84 Å². The van der Waals surface area contributed by atoms with E-state index in [0.717, 1.165) is 12.1 Å². The third-order valence-electron chi connectivity index (χ3n) is 2.24. The Labute approximate surface area is 95.5 Å². The Morgan fingerprint density at radius 1 is 1.38 bits per heavy atom. The predicted molar refractivity (Wildman–Crippen MR) is 61.2 cm³/mol. The first-order valence-electron chi connectivity index (χ1n) is 5.03. The van der Waals surface area contributed by atoms with Crippen molar-refractivity contribution in [2.75, 3.05) is 21.2 Å². The number of methoxy groups -OCH3 is 1. The molecule has 0 aliphatic rings. The lowest BCUT2D eigenvalue weighted by Gasteiger charge is -2.13. The van der Waals surface area contributed by atoms with Crippen molar-refractivity contribution in [2.24, 2.45) is 0 Å². The average molecular weight is 223 g/mol. The number of nitrogens with zero attached hydrogens (tertiary/aromatic N) is 1. The topological polar surface area (TPSA) is 49.8 Å². The van der Waals surface area contributed by atoms with Crippen molar-refractivity contribution in [2.45, 2.75) is 12.6 Å². The van der Waals surface area contributed by atoms with Gasteiger partial charge in [-0.25, -0.2) is 4.79 Å². The summed E-state index contributed by atoms with van der Waals surface area (Å²) in [7, 11) is 5.37. The van der Waals surface area contributed by atoms with Crippen LogP contribution >= 0.6 is 0 Å². The minimum absolute atomic E-state index is 0.664. The second kappa shape index (κ2) is 5.63. The molecule has 88 valence electrons. The van der Waals surface area contributed by atoms with Gasteiger partial charge in [-0.05, 0) is 25.2 Å². The summed E-state index contributed by atoms with van der Waals surface area (Å²) in [5.74, 6) is -0.970. The summed E-state index contributed by atoms with van der Waals surface area (Å²) >= 11 is 0. The maximum Gasteiger partial charge on any atom is 0.337 e. The largest absolute Gasteiger partial charge is 0.479 e. The molecule has 1 atom stereocenters. The lowest BCUT2D eigenvalue weighted by Crippen LogP contribution is -2.14. The summed E-state index contributed by atoms with van der Waals surface area (Å²) in [5.41, 5.74) is 1.81. The standard InChI is InChI=1S/C12H17NO3/c1-13(2)8-9-4-6-10(7-5-9)11(16-3)12(14)15/h4-7,11H,8H2,1-3H3,(H,14,15). The molecule has 0 aromatic heterocycles. The SMILES string of the molecule is COC(C(=O)O)c1ccc(CN(C)C)cc1. The molecule has 0 heterocycles. The highest BCUT2D eigenvalue weighted by Gasteiger charge is 2.18. The van der Waals surface area contributed by atoms with Crippen LogP contribution in [0.15, 0.2) is 24.3 Å². The molecule has 0 spiro atoms. The van der Waals surface area contributed by atoms with Gasteiger partial charge in [-0.2, -0.15) is 0 Å². The van der Waals surface area contributed by atoms with Crippen LogP contribution in [0.4, 0.5) is 0 Å². The smallest absolute Gasteiger partial charge is 0.337 e. The Bertz CT molecular complexity index is 346. The normalized spacial score (nSPS) is 12.8. The van der Waals surface area contributed by atoms with E-state index in [1.54, 1.807) is 12.1 Å². The van der Waals surface area contributed by atoms with E-state index >= 15 is 0 Å². The van der Waals surface area contributed by atoms with Crippen molar-refractivity contribution >= 4 is 5.97 Å². The molecule has 4 nitrogen and oxygen atoms in total. The number of aliphatic carboxylic acids is 1. The lowest BCUT2D eigenvalue weighted by molar-refractivity contribution is -0.148. The molecule has 0 radical (unpaired) electrons. The molecule has 1 unspecified atom stereocenters. The zero-order valence-electron chi connectivity index (χ0n) is 9.80. The fraction of sp³-hybridized carbons (Fsp3) is 0.417. The molecule has 0 saturated carbocycles. The van der Waals surface area contributed by atoms with Gasteiger partial charge in [0.05, 0.1) is 0 Å². The predicted octanol–water partition coefficient (Wildman–Crippen LogP) is 1.52. The molecule has 0 aliphatic carbocycles. The summed E-state index contributed by atoms with van der Waals surface area (Å²) in [5, 5.41) is 8.91. The van der Waals surface area contributed by atoms with Crippen molar-refractivity contribution in [3.8, 4) is 0 Å². The second-order valence-electron chi connectivity index (χ2n) is 3.93. The first-order valence-corrected chi connectivity index (χ1v) is 5.03.